The molecule has 1 N–H and O–H groups in total. The van der Waals surface area contributed by atoms with E-state index < -0.39 is 30.0 Å². The minimum absolute atomic E-state index is 0.140. The monoisotopic (exact) mass is 366 g/mol. The Morgan fingerprint density at radius 2 is 1.88 bits per heavy atom. The van der Waals surface area contributed by atoms with Crippen LogP contribution in [0.15, 0.2) is 48.5 Å². The summed E-state index contributed by atoms with van der Waals surface area (Å²) in [5.74, 6) is -2.17. The van der Waals surface area contributed by atoms with E-state index >= 15 is 0 Å². The molecule has 0 atom stereocenters. The average Bonchev–Trinajstić information content (AvgIpc) is 2.60. The van der Waals surface area contributed by atoms with Crippen molar-refractivity contribution in [1.29, 1.82) is 0 Å². The third-order valence-electron chi connectivity index (χ3n) is 3.00. The van der Waals surface area contributed by atoms with Crippen molar-refractivity contribution in [3.8, 4) is 5.75 Å². The number of carbonyl (C=O) groups excluding carboxylic acids is 2. The predicted molar refractivity (Wildman–Crippen MR) is 85.1 cm³/mol. The molecule has 2 aromatic rings. The molecule has 0 aromatic heterocycles. The van der Waals surface area contributed by atoms with E-state index in [1.165, 1.54) is 36.4 Å². The summed E-state index contributed by atoms with van der Waals surface area (Å²) in [5, 5.41) is 13.0. The second-order valence-corrected chi connectivity index (χ2v) is 4.81. The van der Waals surface area contributed by atoms with Gasteiger partial charge in [-0.15, -0.1) is 0 Å². The van der Waals surface area contributed by atoms with E-state index in [0.717, 1.165) is 12.1 Å². The molecule has 0 aliphatic heterocycles. The fourth-order valence-corrected chi connectivity index (χ4v) is 1.94. The highest BCUT2D eigenvalue weighted by atomic mass is 19.3. The number of hydrogen-bond acceptors (Lipinski definition) is 6. The lowest BCUT2D eigenvalue weighted by Crippen LogP contribution is -2.21. The van der Waals surface area contributed by atoms with Gasteiger partial charge < -0.3 is 14.8 Å². The zero-order valence-electron chi connectivity index (χ0n) is 13.1. The first kappa shape index (κ1) is 18.8. The molecule has 8 nitrogen and oxygen atoms in total. The lowest BCUT2D eigenvalue weighted by Gasteiger charge is -2.10. The maximum Gasteiger partial charge on any atom is 0.387 e. The van der Waals surface area contributed by atoms with Crippen LogP contribution in [0.4, 0.5) is 20.2 Å². The molecule has 1 amide bonds. The number of alkyl halides is 2. The highest BCUT2D eigenvalue weighted by molar-refractivity contribution is 5.96. The largest absolute Gasteiger partial charge is 0.452 e. The Hall–Kier alpha value is -3.56. The van der Waals surface area contributed by atoms with E-state index in [4.69, 9.17) is 4.74 Å². The molecule has 0 bridgehead atoms. The number of nitro groups is 1. The van der Waals surface area contributed by atoms with Crippen LogP contribution >= 0.6 is 0 Å². The molecule has 0 saturated carbocycles. The van der Waals surface area contributed by atoms with Crippen LogP contribution in [0.1, 0.15) is 10.4 Å². The molecular weight excluding hydrogens is 354 g/mol. The van der Waals surface area contributed by atoms with Crippen molar-refractivity contribution in [3.05, 3.63) is 64.2 Å². The highest BCUT2D eigenvalue weighted by Crippen LogP contribution is 2.21. The minimum Gasteiger partial charge on any atom is -0.452 e. The van der Waals surface area contributed by atoms with E-state index in [0.29, 0.717) is 0 Å². The van der Waals surface area contributed by atoms with Crippen molar-refractivity contribution in [3.63, 3.8) is 0 Å². The van der Waals surface area contributed by atoms with Crippen LogP contribution < -0.4 is 10.1 Å². The van der Waals surface area contributed by atoms with Gasteiger partial charge in [0.15, 0.2) is 6.61 Å². The molecule has 0 saturated heterocycles. The maximum absolute atomic E-state index is 12.3. The van der Waals surface area contributed by atoms with Crippen molar-refractivity contribution in [2.45, 2.75) is 6.61 Å². The van der Waals surface area contributed by atoms with Crippen molar-refractivity contribution in [2.75, 3.05) is 11.9 Å². The molecule has 136 valence electrons. The second kappa shape index (κ2) is 8.51. The van der Waals surface area contributed by atoms with Gasteiger partial charge in [-0.2, -0.15) is 8.78 Å². The number of non-ortho nitro benzene ring substituents is 1. The lowest BCUT2D eigenvalue weighted by atomic mass is 10.2. The molecule has 0 heterocycles. The minimum atomic E-state index is -3.12. The molecule has 0 fully saturated rings. The van der Waals surface area contributed by atoms with E-state index in [9.17, 15) is 28.5 Å². The summed E-state index contributed by atoms with van der Waals surface area (Å²) in [6, 6.07) is 10.3. The molecule has 2 rings (SSSR count). The number of amides is 1. The number of hydrogen-bond donors (Lipinski definition) is 1. The summed E-state index contributed by atoms with van der Waals surface area (Å²) < 4.78 is 33.6. The summed E-state index contributed by atoms with van der Waals surface area (Å²) in [4.78, 5) is 33.8. The average molecular weight is 366 g/mol. The van der Waals surface area contributed by atoms with Crippen molar-refractivity contribution < 1.29 is 32.8 Å². The Bertz CT molecular complexity index is 828. The summed E-state index contributed by atoms with van der Waals surface area (Å²) in [6.07, 6.45) is 0. The molecule has 2 aromatic carbocycles. The maximum atomic E-state index is 12.3. The SMILES string of the molecule is O=C(COC(=O)c1ccccc1OC(F)F)Nc1cccc([N+](=O)[O-])c1. The van der Waals surface area contributed by atoms with Gasteiger partial charge in [-0.25, -0.2) is 4.79 Å². The van der Waals surface area contributed by atoms with Crippen molar-refractivity contribution in [1.82, 2.24) is 0 Å². The number of para-hydroxylation sites is 1. The number of nitrogens with zero attached hydrogens (tertiary/aromatic N) is 1. The number of anilines is 1. The van der Waals surface area contributed by atoms with E-state index in [1.54, 1.807) is 0 Å². The van der Waals surface area contributed by atoms with Gasteiger partial charge in [-0.3, -0.25) is 14.9 Å². The highest BCUT2D eigenvalue weighted by Gasteiger charge is 2.18. The summed E-state index contributed by atoms with van der Waals surface area (Å²) in [7, 11) is 0. The van der Waals surface area contributed by atoms with Crippen molar-refractivity contribution >= 4 is 23.3 Å². The second-order valence-electron chi connectivity index (χ2n) is 4.81. The summed E-state index contributed by atoms with van der Waals surface area (Å²) >= 11 is 0. The van der Waals surface area contributed by atoms with Gasteiger partial charge in [0.05, 0.1) is 4.92 Å². The van der Waals surface area contributed by atoms with E-state index in [1.807, 2.05) is 0 Å². The summed E-state index contributed by atoms with van der Waals surface area (Å²) in [5.41, 5.74) is -0.351. The van der Waals surface area contributed by atoms with E-state index in [-0.39, 0.29) is 22.7 Å². The van der Waals surface area contributed by atoms with Crippen LogP contribution in [0.5, 0.6) is 5.75 Å². The molecule has 26 heavy (non-hydrogen) atoms. The lowest BCUT2D eigenvalue weighted by molar-refractivity contribution is -0.384. The first-order chi connectivity index (χ1) is 12.4. The first-order valence-electron chi connectivity index (χ1n) is 7.12. The number of nitrogens with one attached hydrogen (secondary N) is 1. The molecule has 0 aliphatic carbocycles. The third kappa shape index (κ3) is 5.23. The number of ether oxygens (including phenoxy) is 2. The normalized spacial score (nSPS) is 10.3. The zero-order valence-corrected chi connectivity index (χ0v) is 13.1. The van der Waals surface area contributed by atoms with Crippen molar-refractivity contribution in [2.24, 2.45) is 0 Å². The smallest absolute Gasteiger partial charge is 0.387 e. The van der Waals surface area contributed by atoms with Gasteiger partial charge in [0.1, 0.15) is 11.3 Å². The van der Waals surface area contributed by atoms with Gasteiger partial charge >= 0.3 is 12.6 Å². The fourth-order valence-electron chi connectivity index (χ4n) is 1.94. The Balaban J connectivity index is 1.96. The number of halogens is 2. The van der Waals surface area contributed by atoms with Crippen LogP contribution in [0, 0.1) is 10.1 Å². The van der Waals surface area contributed by atoms with Gasteiger partial charge in [-0.05, 0) is 18.2 Å². The molecule has 0 aliphatic rings. The van der Waals surface area contributed by atoms with E-state index in [2.05, 4.69) is 10.1 Å². The number of esters is 1. The number of nitro benzene ring substituents is 1. The molecule has 10 heteroatoms. The Labute approximate surface area is 145 Å². The van der Waals surface area contributed by atoms with Gasteiger partial charge in [-0.1, -0.05) is 18.2 Å². The predicted octanol–water partition coefficient (Wildman–Crippen LogP) is 2.99. The van der Waals surface area contributed by atoms with Crippen LogP contribution in [-0.2, 0) is 9.53 Å². The number of rotatable bonds is 7. The van der Waals surface area contributed by atoms with Gasteiger partial charge in [0.25, 0.3) is 11.6 Å². The summed E-state index contributed by atoms with van der Waals surface area (Å²) in [6.45, 7) is -3.84. The zero-order chi connectivity index (χ0) is 19.1. The van der Waals surface area contributed by atoms with Crippen LogP contribution in [0.3, 0.4) is 0 Å². The van der Waals surface area contributed by atoms with Gasteiger partial charge in [0.2, 0.25) is 0 Å². The number of benzene rings is 2. The van der Waals surface area contributed by atoms with Gasteiger partial charge in [0, 0.05) is 17.8 Å². The molecule has 0 unspecified atom stereocenters. The molecule has 0 radical (unpaired) electrons. The van der Waals surface area contributed by atoms with Crippen LogP contribution in [0.25, 0.3) is 0 Å². The Kier molecular flexibility index (Phi) is 6.15. The van der Waals surface area contributed by atoms with Crippen LogP contribution in [-0.4, -0.2) is 30.0 Å². The number of carbonyl (C=O) groups is 2. The Morgan fingerprint density at radius 1 is 1.15 bits per heavy atom. The molecular formula is C16H12F2N2O6. The fraction of sp³-hybridized carbons (Fsp3) is 0.125. The molecule has 0 spiro atoms. The quantitative estimate of drug-likeness (QED) is 0.458. The third-order valence-corrected chi connectivity index (χ3v) is 3.00. The topological polar surface area (TPSA) is 108 Å². The van der Waals surface area contributed by atoms with Crippen LogP contribution in [0.2, 0.25) is 0 Å². The first-order valence-corrected chi connectivity index (χ1v) is 7.12. The standard InChI is InChI=1S/C16H12F2N2O6/c17-16(18)26-13-7-2-1-6-12(13)15(22)25-9-14(21)19-10-4-3-5-11(8-10)20(23)24/h1-8,16H,9H2,(H,19,21). The Morgan fingerprint density at radius 3 is 2.58 bits per heavy atom.